The Morgan fingerprint density at radius 1 is 1.36 bits per heavy atom. The Labute approximate surface area is 140 Å². The fourth-order valence-electron chi connectivity index (χ4n) is 3.14. The van der Waals surface area contributed by atoms with Crippen LogP contribution in [0.1, 0.15) is 19.8 Å². The van der Waals surface area contributed by atoms with Crippen molar-refractivity contribution in [2.45, 2.75) is 19.8 Å². The molecule has 1 amide bonds. The lowest BCUT2D eigenvalue weighted by Crippen LogP contribution is -2.45. The average Bonchev–Trinajstić information content (AvgIpc) is 2.50. The summed E-state index contributed by atoms with van der Waals surface area (Å²) in [5.41, 5.74) is 0.994. The van der Waals surface area contributed by atoms with E-state index in [9.17, 15) is 4.79 Å². The molecule has 1 aromatic rings. The predicted octanol–water partition coefficient (Wildman–Crippen LogP) is 2.39. The fraction of sp³-hybridized carbons (Fsp3) is 0.588. The van der Waals surface area contributed by atoms with Crippen molar-refractivity contribution in [3.63, 3.8) is 0 Å². The highest BCUT2D eigenvalue weighted by Gasteiger charge is 2.23. The van der Waals surface area contributed by atoms with Crippen molar-refractivity contribution in [2.24, 2.45) is 5.92 Å². The second kappa shape index (κ2) is 9.82. The summed E-state index contributed by atoms with van der Waals surface area (Å²) in [6, 6.07) is 9.95. The molecule has 124 valence electrons. The molecular weight excluding hydrogens is 298 g/mol. The van der Waals surface area contributed by atoms with Gasteiger partial charge in [0.15, 0.2) is 0 Å². The Hall–Kier alpha value is -1.10. The molecule has 1 unspecified atom stereocenters. The molecule has 1 heterocycles. The highest BCUT2D eigenvalue weighted by atomic mass is 35.5. The summed E-state index contributed by atoms with van der Waals surface area (Å²) in [5, 5.41) is 3.25. The van der Waals surface area contributed by atoms with Crippen LogP contribution in [0.2, 0.25) is 0 Å². The van der Waals surface area contributed by atoms with Crippen LogP contribution in [-0.4, -0.2) is 50.6 Å². The summed E-state index contributed by atoms with van der Waals surface area (Å²) < 4.78 is 0. The van der Waals surface area contributed by atoms with Gasteiger partial charge in [-0.05, 0) is 58.0 Å². The van der Waals surface area contributed by atoms with Crippen molar-refractivity contribution in [3.05, 3.63) is 30.3 Å². The first-order valence-corrected chi connectivity index (χ1v) is 7.97. The van der Waals surface area contributed by atoms with E-state index in [4.69, 9.17) is 0 Å². The Kier molecular flexibility index (Phi) is 8.46. The van der Waals surface area contributed by atoms with Gasteiger partial charge >= 0.3 is 0 Å². The van der Waals surface area contributed by atoms with Crippen LogP contribution in [0.25, 0.3) is 0 Å². The van der Waals surface area contributed by atoms with Gasteiger partial charge in [0.25, 0.3) is 0 Å². The van der Waals surface area contributed by atoms with E-state index in [1.807, 2.05) is 49.2 Å². The number of likely N-dealkylation sites (N-methyl/N-ethyl adjacent to an activating group) is 1. The van der Waals surface area contributed by atoms with E-state index in [2.05, 4.69) is 10.2 Å². The number of nitrogens with zero attached hydrogens (tertiary/aromatic N) is 2. The molecule has 0 aromatic heterocycles. The summed E-state index contributed by atoms with van der Waals surface area (Å²) in [6.45, 7) is 6.39. The number of hydrogen-bond donors (Lipinski definition) is 1. The number of carbonyl (C=O) groups excluding carboxylic acids is 1. The number of rotatable bonds is 6. The first-order chi connectivity index (χ1) is 10.2. The van der Waals surface area contributed by atoms with Gasteiger partial charge in [-0.25, -0.2) is 0 Å². The fourth-order valence-corrected chi connectivity index (χ4v) is 3.14. The van der Waals surface area contributed by atoms with E-state index < -0.39 is 0 Å². The Morgan fingerprint density at radius 3 is 2.73 bits per heavy atom. The molecule has 1 aliphatic rings. The number of amides is 1. The number of anilines is 1. The van der Waals surface area contributed by atoms with Crippen molar-refractivity contribution < 1.29 is 4.79 Å². The van der Waals surface area contributed by atoms with E-state index in [-0.39, 0.29) is 18.3 Å². The molecule has 0 bridgehead atoms. The zero-order valence-corrected chi connectivity index (χ0v) is 14.4. The molecule has 5 heteroatoms. The van der Waals surface area contributed by atoms with E-state index in [0.717, 1.165) is 31.9 Å². The number of nitrogens with one attached hydrogen (secondary N) is 1. The van der Waals surface area contributed by atoms with Crippen molar-refractivity contribution in [1.82, 2.24) is 10.2 Å². The number of hydrogen-bond acceptors (Lipinski definition) is 3. The first kappa shape index (κ1) is 18.9. The minimum Gasteiger partial charge on any atom is -0.319 e. The summed E-state index contributed by atoms with van der Waals surface area (Å²) in [7, 11) is 2.00. The maximum absolute atomic E-state index is 12.6. The quantitative estimate of drug-likeness (QED) is 0.872. The van der Waals surface area contributed by atoms with E-state index >= 15 is 0 Å². The van der Waals surface area contributed by atoms with Gasteiger partial charge in [0.1, 0.15) is 0 Å². The summed E-state index contributed by atoms with van der Waals surface area (Å²) in [4.78, 5) is 16.8. The molecule has 1 N–H and O–H groups in total. The topological polar surface area (TPSA) is 35.6 Å². The minimum atomic E-state index is 0. The zero-order valence-electron chi connectivity index (χ0n) is 13.6. The maximum atomic E-state index is 12.6. The zero-order chi connectivity index (χ0) is 15.1. The van der Waals surface area contributed by atoms with E-state index in [1.54, 1.807) is 0 Å². The number of piperidine rings is 1. The maximum Gasteiger partial charge on any atom is 0.241 e. The third kappa shape index (κ3) is 5.27. The van der Waals surface area contributed by atoms with Crippen LogP contribution < -0.4 is 10.2 Å². The highest BCUT2D eigenvalue weighted by molar-refractivity contribution is 5.94. The van der Waals surface area contributed by atoms with Crippen molar-refractivity contribution in [3.8, 4) is 0 Å². The smallest absolute Gasteiger partial charge is 0.241 e. The SMILES string of the molecule is CCN(C(=O)CN1CCCC(CNC)C1)c1ccccc1.Cl. The Bertz CT molecular complexity index is 439. The number of halogens is 1. The van der Waals surface area contributed by atoms with Crippen LogP contribution in [0.4, 0.5) is 5.69 Å². The second-order valence-electron chi connectivity index (χ2n) is 5.77. The third-order valence-corrected chi connectivity index (χ3v) is 4.14. The van der Waals surface area contributed by atoms with Crippen molar-refractivity contribution in [1.29, 1.82) is 0 Å². The second-order valence-corrected chi connectivity index (χ2v) is 5.77. The molecule has 2 rings (SSSR count). The molecule has 0 saturated carbocycles. The van der Waals surface area contributed by atoms with Gasteiger partial charge in [-0.3, -0.25) is 9.69 Å². The van der Waals surface area contributed by atoms with Crippen LogP contribution in [0.5, 0.6) is 0 Å². The lowest BCUT2D eigenvalue weighted by Gasteiger charge is -2.33. The van der Waals surface area contributed by atoms with E-state index in [0.29, 0.717) is 12.5 Å². The average molecular weight is 326 g/mol. The molecular formula is C17H28ClN3O. The van der Waals surface area contributed by atoms with Gasteiger partial charge in [-0.15, -0.1) is 12.4 Å². The summed E-state index contributed by atoms with van der Waals surface area (Å²) in [5.74, 6) is 0.872. The third-order valence-electron chi connectivity index (χ3n) is 4.14. The van der Waals surface area contributed by atoms with Gasteiger partial charge in [0.2, 0.25) is 5.91 Å². The van der Waals surface area contributed by atoms with Crippen LogP contribution in [0, 0.1) is 5.92 Å². The number of para-hydroxylation sites is 1. The first-order valence-electron chi connectivity index (χ1n) is 7.97. The lowest BCUT2D eigenvalue weighted by atomic mass is 9.98. The van der Waals surface area contributed by atoms with Gasteiger partial charge in [0, 0.05) is 18.8 Å². The van der Waals surface area contributed by atoms with Crippen LogP contribution >= 0.6 is 12.4 Å². The Morgan fingerprint density at radius 2 is 2.09 bits per heavy atom. The van der Waals surface area contributed by atoms with Gasteiger partial charge < -0.3 is 10.2 Å². The number of benzene rings is 1. The normalized spacial score (nSPS) is 18.5. The van der Waals surface area contributed by atoms with E-state index in [1.165, 1.54) is 12.8 Å². The van der Waals surface area contributed by atoms with Gasteiger partial charge in [0.05, 0.1) is 6.54 Å². The largest absolute Gasteiger partial charge is 0.319 e. The van der Waals surface area contributed by atoms with Crippen molar-refractivity contribution in [2.75, 3.05) is 44.7 Å². The highest BCUT2D eigenvalue weighted by Crippen LogP contribution is 2.17. The molecule has 0 radical (unpaired) electrons. The minimum absolute atomic E-state index is 0. The molecule has 1 saturated heterocycles. The van der Waals surface area contributed by atoms with Gasteiger partial charge in [-0.2, -0.15) is 0 Å². The van der Waals surface area contributed by atoms with Crippen LogP contribution in [0.3, 0.4) is 0 Å². The molecule has 0 aliphatic carbocycles. The lowest BCUT2D eigenvalue weighted by molar-refractivity contribution is -0.120. The van der Waals surface area contributed by atoms with Crippen molar-refractivity contribution >= 4 is 24.0 Å². The molecule has 4 nitrogen and oxygen atoms in total. The molecule has 1 aromatic carbocycles. The van der Waals surface area contributed by atoms with Crippen LogP contribution in [0.15, 0.2) is 30.3 Å². The molecule has 1 fully saturated rings. The molecule has 22 heavy (non-hydrogen) atoms. The molecule has 1 aliphatic heterocycles. The monoisotopic (exact) mass is 325 g/mol. The van der Waals surface area contributed by atoms with Crippen LogP contribution in [-0.2, 0) is 4.79 Å². The molecule has 0 spiro atoms. The standard InChI is InChI=1S/C17H27N3O.ClH/c1-3-20(16-9-5-4-6-10-16)17(21)14-19-11-7-8-15(13-19)12-18-2;/h4-6,9-10,15,18H,3,7-8,11-14H2,1-2H3;1H. The molecule has 1 atom stereocenters. The summed E-state index contributed by atoms with van der Waals surface area (Å²) in [6.07, 6.45) is 2.46. The predicted molar refractivity (Wildman–Crippen MR) is 94.8 cm³/mol. The summed E-state index contributed by atoms with van der Waals surface area (Å²) >= 11 is 0. The Balaban J connectivity index is 0.00000242. The number of likely N-dealkylation sites (tertiary alicyclic amines) is 1. The van der Waals surface area contributed by atoms with Gasteiger partial charge in [-0.1, -0.05) is 18.2 Å². The number of carbonyl (C=O) groups is 1.